The first kappa shape index (κ1) is 33.5. The number of unbranched alkanes of at least 4 members (excludes halogenated alkanes) is 2. The van der Waals surface area contributed by atoms with E-state index in [4.69, 9.17) is 21.1 Å². The van der Waals surface area contributed by atoms with Crippen LogP contribution < -0.4 is 21.7 Å². The van der Waals surface area contributed by atoms with Gasteiger partial charge >= 0.3 is 5.97 Å². The number of aryl methyl sites for hydroxylation is 4. The van der Waals surface area contributed by atoms with Gasteiger partial charge in [-0.15, -0.1) is 0 Å². The Balaban J connectivity index is 2.08. The predicted molar refractivity (Wildman–Crippen MR) is 179 cm³/mol. The summed E-state index contributed by atoms with van der Waals surface area (Å²) in [6, 6.07) is 14.4. The predicted octanol–water partition coefficient (Wildman–Crippen LogP) is 6.13. The van der Waals surface area contributed by atoms with Crippen LogP contribution in [0.4, 0.5) is 0 Å². The minimum absolute atomic E-state index is 0.250. The Morgan fingerprint density at radius 3 is 2.18 bits per heavy atom. The zero-order valence-electron chi connectivity index (χ0n) is 27.0. The highest BCUT2D eigenvalue weighted by Crippen LogP contribution is 2.43. The van der Waals surface area contributed by atoms with E-state index in [1.165, 1.54) is 11.1 Å². The van der Waals surface area contributed by atoms with E-state index in [1.54, 1.807) is 13.0 Å². The summed E-state index contributed by atoms with van der Waals surface area (Å²) in [6.07, 6.45) is 7.44. The molecule has 2 amide bonds. The number of ether oxygens (including phenoxy) is 2. The lowest BCUT2D eigenvalue weighted by Gasteiger charge is -2.16. The Bertz CT molecular complexity index is 1670. The van der Waals surface area contributed by atoms with Crippen molar-refractivity contribution in [1.82, 2.24) is 9.99 Å². The fourth-order valence-electron chi connectivity index (χ4n) is 6.18. The highest BCUT2D eigenvalue weighted by molar-refractivity contribution is 6.21. The van der Waals surface area contributed by atoms with E-state index in [0.29, 0.717) is 23.1 Å². The van der Waals surface area contributed by atoms with Crippen LogP contribution in [0.1, 0.15) is 91.9 Å². The first-order valence-electron chi connectivity index (χ1n) is 16.0. The highest BCUT2D eigenvalue weighted by Gasteiger charge is 2.25. The van der Waals surface area contributed by atoms with Gasteiger partial charge in [0.1, 0.15) is 5.75 Å². The molecule has 9 nitrogen and oxygen atoms in total. The molecule has 0 radical (unpaired) electrons. The molecule has 0 fully saturated rings. The van der Waals surface area contributed by atoms with Gasteiger partial charge in [-0.3, -0.25) is 15.0 Å². The fourth-order valence-corrected chi connectivity index (χ4v) is 6.18. The summed E-state index contributed by atoms with van der Waals surface area (Å²) < 4.78 is 13.5. The van der Waals surface area contributed by atoms with Crippen molar-refractivity contribution in [3.05, 3.63) is 70.3 Å². The molecule has 0 bridgehead atoms. The molecule has 0 aliphatic heterocycles. The minimum atomic E-state index is -0.472. The molecule has 0 saturated carbocycles. The molecule has 1 aromatic heterocycles. The fraction of sp³-hybridized carbons (Fsp3) is 0.417. The van der Waals surface area contributed by atoms with Gasteiger partial charge in [-0.2, -0.15) is 0 Å². The zero-order chi connectivity index (χ0) is 32.5. The molecule has 0 atom stereocenters. The standard InChI is InChI=1S/C36H46N4O5/c1-5-11-24-19-25(12-6-2)21-27(20-24)40-34-23(4)15-17-28(36(43)39-38)32(34)33-29(45-22-31(42)44-7-3)18-16-26(35(33)40)13-9-8-10-14-30(37)41/h15-21H,5-14,22,38H2,1-4H3,(H2,37,41)(H,39,43). The van der Waals surface area contributed by atoms with Gasteiger partial charge in [-0.1, -0.05) is 51.3 Å². The number of nitrogen functional groups attached to an aromatic ring is 1. The number of hydrogen-bond acceptors (Lipinski definition) is 6. The third kappa shape index (κ3) is 7.65. The molecular weight excluding hydrogens is 568 g/mol. The van der Waals surface area contributed by atoms with Crippen LogP contribution in [0.3, 0.4) is 0 Å². The number of hydrogen-bond donors (Lipinski definition) is 3. The second kappa shape index (κ2) is 15.6. The largest absolute Gasteiger partial charge is 0.481 e. The van der Waals surface area contributed by atoms with Crippen LogP contribution in [0, 0.1) is 6.92 Å². The third-order valence-corrected chi connectivity index (χ3v) is 8.07. The number of nitrogens with one attached hydrogen (secondary N) is 1. The molecule has 9 heteroatoms. The number of hydrazine groups is 1. The molecule has 0 aliphatic rings. The summed E-state index contributed by atoms with van der Waals surface area (Å²) in [4.78, 5) is 36.9. The van der Waals surface area contributed by atoms with Crippen LogP contribution in [0.5, 0.6) is 5.75 Å². The van der Waals surface area contributed by atoms with Crippen molar-refractivity contribution in [2.45, 2.75) is 85.5 Å². The van der Waals surface area contributed by atoms with Gasteiger partial charge in [-0.05, 0) is 92.5 Å². The van der Waals surface area contributed by atoms with Crippen molar-refractivity contribution in [1.29, 1.82) is 0 Å². The minimum Gasteiger partial charge on any atom is -0.481 e. The number of primary amides is 1. The van der Waals surface area contributed by atoms with Gasteiger partial charge in [0.05, 0.1) is 28.6 Å². The molecule has 45 heavy (non-hydrogen) atoms. The molecule has 5 N–H and O–H groups in total. The van der Waals surface area contributed by atoms with E-state index < -0.39 is 11.9 Å². The van der Waals surface area contributed by atoms with E-state index in [9.17, 15) is 14.4 Å². The molecule has 1 heterocycles. The second-order valence-electron chi connectivity index (χ2n) is 11.5. The normalized spacial score (nSPS) is 11.2. The third-order valence-electron chi connectivity index (χ3n) is 8.07. The van der Waals surface area contributed by atoms with Crippen molar-refractivity contribution < 1.29 is 23.9 Å². The van der Waals surface area contributed by atoms with Crippen LogP contribution in [-0.2, 0) is 33.6 Å². The molecule has 4 rings (SSSR count). The van der Waals surface area contributed by atoms with Crippen LogP contribution in [0.15, 0.2) is 42.5 Å². The first-order valence-corrected chi connectivity index (χ1v) is 16.0. The van der Waals surface area contributed by atoms with E-state index in [0.717, 1.165) is 84.6 Å². The van der Waals surface area contributed by atoms with Crippen LogP contribution >= 0.6 is 0 Å². The van der Waals surface area contributed by atoms with Gasteiger partial charge in [0.25, 0.3) is 5.91 Å². The Labute approximate surface area is 265 Å². The summed E-state index contributed by atoms with van der Waals surface area (Å²) in [6.45, 7) is 8.13. The summed E-state index contributed by atoms with van der Waals surface area (Å²) in [7, 11) is 0. The monoisotopic (exact) mass is 614 g/mol. The van der Waals surface area contributed by atoms with Gasteiger partial charge in [0.2, 0.25) is 5.91 Å². The number of carbonyl (C=O) groups is 3. The SMILES string of the molecule is CCCc1cc(CCC)cc(-n2c3c(C)ccc(C(=O)NN)c3c3c(OCC(=O)OCC)ccc(CCCCCC(N)=O)c32)c1. The average Bonchev–Trinajstić information content (AvgIpc) is 3.38. The summed E-state index contributed by atoms with van der Waals surface area (Å²) in [5.41, 5.74) is 15.5. The molecule has 4 aromatic rings. The molecule has 240 valence electrons. The topological polar surface area (TPSA) is 139 Å². The summed E-state index contributed by atoms with van der Waals surface area (Å²) >= 11 is 0. The quantitative estimate of drug-likeness (QED) is 0.0456. The van der Waals surface area contributed by atoms with E-state index >= 15 is 0 Å². The van der Waals surface area contributed by atoms with E-state index in [-0.39, 0.29) is 19.1 Å². The highest BCUT2D eigenvalue weighted by atomic mass is 16.6. The van der Waals surface area contributed by atoms with Crippen LogP contribution in [0.25, 0.3) is 27.5 Å². The number of nitrogens with zero attached hydrogens (tertiary/aromatic N) is 1. The molecule has 0 spiro atoms. The molecule has 3 aromatic carbocycles. The van der Waals surface area contributed by atoms with Crippen molar-refractivity contribution >= 4 is 39.6 Å². The van der Waals surface area contributed by atoms with Crippen molar-refractivity contribution in [2.75, 3.05) is 13.2 Å². The van der Waals surface area contributed by atoms with E-state index in [2.05, 4.69) is 42.0 Å². The maximum Gasteiger partial charge on any atom is 0.344 e. The number of benzene rings is 3. The van der Waals surface area contributed by atoms with Crippen LogP contribution in [-0.4, -0.2) is 35.6 Å². The number of carbonyl (C=O) groups excluding carboxylic acids is 3. The molecule has 0 unspecified atom stereocenters. The summed E-state index contributed by atoms with van der Waals surface area (Å²) in [5, 5.41) is 1.45. The van der Waals surface area contributed by atoms with Gasteiger partial charge in [0, 0.05) is 17.5 Å². The number of nitrogens with two attached hydrogens (primary N) is 2. The summed E-state index contributed by atoms with van der Waals surface area (Å²) in [5.74, 6) is 4.98. The lowest BCUT2D eigenvalue weighted by molar-refractivity contribution is -0.145. The zero-order valence-corrected chi connectivity index (χ0v) is 27.0. The maximum atomic E-state index is 13.3. The van der Waals surface area contributed by atoms with Gasteiger partial charge in [0.15, 0.2) is 6.61 Å². The molecular formula is C36H46N4O5. The lowest BCUT2D eigenvalue weighted by atomic mass is 9.99. The number of fused-ring (bicyclic) bond motifs is 3. The lowest BCUT2D eigenvalue weighted by Crippen LogP contribution is -2.30. The average molecular weight is 615 g/mol. The Morgan fingerprint density at radius 1 is 0.844 bits per heavy atom. The van der Waals surface area contributed by atoms with Crippen molar-refractivity contribution in [3.63, 3.8) is 0 Å². The number of amides is 2. The molecule has 0 aliphatic carbocycles. The maximum absolute atomic E-state index is 13.3. The van der Waals surface area contributed by atoms with Gasteiger partial charge < -0.3 is 19.8 Å². The number of esters is 1. The Kier molecular flexibility index (Phi) is 11.6. The van der Waals surface area contributed by atoms with Crippen molar-refractivity contribution in [3.8, 4) is 11.4 Å². The second-order valence-corrected chi connectivity index (χ2v) is 11.5. The molecule has 0 saturated heterocycles. The Morgan fingerprint density at radius 2 is 1.56 bits per heavy atom. The Hall–Kier alpha value is -4.37. The van der Waals surface area contributed by atoms with E-state index in [1.807, 2.05) is 25.1 Å². The van der Waals surface area contributed by atoms with Gasteiger partial charge in [-0.25, -0.2) is 10.6 Å². The van der Waals surface area contributed by atoms with Crippen molar-refractivity contribution in [2.24, 2.45) is 11.6 Å². The first-order chi connectivity index (χ1) is 21.7. The smallest absolute Gasteiger partial charge is 0.344 e. The number of aromatic nitrogens is 1. The number of rotatable bonds is 16. The van der Waals surface area contributed by atoms with Crippen LogP contribution in [0.2, 0.25) is 0 Å².